The van der Waals surface area contributed by atoms with Crippen molar-refractivity contribution in [1.29, 1.82) is 0 Å². The molecule has 1 aromatic carbocycles. The van der Waals surface area contributed by atoms with E-state index in [4.69, 9.17) is 4.74 Å². The maximum absolute atomic E-state index is 14.1. The maximum atomic E-state index is 14.1. The first-order valence-corrected chi connectivity index (χ1v) is 13.1. The number of likely N-dealkylation sites (tertiary alicyclic amines) is 1. The van der Waals surface area contributed by atoms with E-state index in [1.54, 1.807) is 0 Å². The minimum Gasteiger partial charge on any atom is -0.359 e. The molecule has 1 aromatic rings. The molecule has 5 heteroatoms. The van der Waals surface area contributed by atoms with Gasteiger partial charge in [-0.05, 0) is 44.1 Å². The normalized spacial score (nSPS) is 36.0. The third kappa shape index (κ3) is 3.46. The Morgan fingerprint density at radius 3 is 2.48 bits per heavy atom. The molecule has 2 bridgehead atoms. The second kappa shape index (κ2) is 8.26. The molecule has 6 rings (SSSR count). The molecule has 5 nitrogen and oxygen atoms in total. The Kier molecular flexibility index (Phi) is 5.36. The standard InChI is InChI=1S/C28H36N2O3/c1-18-11-13-20(14-12-18)23-22-15-16-28(33-22)24(23)27(32)30(17-19-7-3-2-4-8-19)25(28)26(31)29-21-9-5-6-10-21/h11-16,19,21-25H,2-10,17H2,1H3,(H,29,31)/t22-,23-,24-,25-,28-/m1/s1. The molecule has 1 N–H and O–H groups in total. The van der Waals surface area contributed by atoms with Gasteiger partial charge in [-0.15, -0.1) is 0 Å². The molecule has 33 heavy (non-hydrogen) atoms. The summed E-state index contributed by atoms with van der Waals surface area (Å²) >= 11 is 0. The quantitative estimate of drug-likeness (QED) is 0.685. The number of fused-ring (bicyclic) bond motifs is 1. The van der Waals surface area contributed by atoms with Crippen molar-refractivity contribution in [3.63, 3.8) is 0 Å². The number of ether oxygens (including phenoxy) is 1. The highest BCUT2D eigenvalue weighted by atomic mass is 16.5. The summed E-state index contributed by atoms with van der Waals surface area (Å²) in [6, 6.07) is 8.17. The number of hydrogen-bond donors (Lipinski definition) is 1. The van der Waals surface area contributed by atoms with Crippen LogP contribution >= 0.6 is 0 Å². The molecule has 3 aliphatic heterocycles. The van der Waals surface area contributed by atoms with Crippen LogP contribution in [0.15, 0.2) is 36.4 Å². The fourth-order valence-electron chi connectivity index (χ4n) is 7.33. The van der Waals surface area contributed by atoms with E-state index in [-0.39, 0.29) is 35.8 Å². The first-order valence-electron chi connectivity index (χ1n) is 13.1. The number of nitrogens with one attached hydrogen (secondary N) is 1. The Hall–Kier alpha value is -2.14. The minimum absolute atomic E-state index is 0.0107. The van der Waals surface area contributed by atoms with E-state index in [0.717, 1.165) is 31.2 Å². The molecule has 0 radical (unpaired) electrons. The van der Waals surface area contributed by atoms with Gasteiger partial charge in [0.25, 0.3) is 0 Å². The van der Waals surface area contributed by atoms with Gasteiger partial charge in [-0.25, -0.2) is 0 Å². The Morgan fingerprint density at radius 1 is 1.06 bits per heavy atom. The molecule has 4 fully saturated rings. The van der Waals surface area contributed by atoms with E-state index in [1.807, 2.05) is 4.90 Å². The van der Waals surface area contributed by atoms with E-state index in [2.05, 4.69) is 48.7 Å². The summed E-state index contributed by atoms with van der Waals surface area (Å²) in [5, 5.41) is 3.31. The van der Waals surface area contributed by atoms with Gasteiger partial charge in [0.2, 0.25) is 11.8 Å². The second-order valence-corrected chi connectivity index (χ2v) is 11.1. The van der Waals surface area contributed by atoms with Crippen molar-refractivity contribution in [2.75, 3.05) is 6.54 Å². The number of carbonyl (C=O) groups excluding carboxylic acids is 2. The number of benzene rings is 1. The number of carbonyl (C=O) groups is 2. The zero-order valence-electron chi connectivity index (χ0n) is 19.7. The molecular weight excluding hydrogens is 412 g/mol. The predicted octanol–water partition coefficient (Wildman–Crippen LogP) is 4.25. The molecule has 176 valence electrons. The first-order chi connectivity index (χ1) is 16.1. The molecule has 5 aliphatic rings. The lowest BCUT2D eigenvalue weighted by Crippen LogP contribution is -2.56. The predicted molar refractivity (Wildman–Crippen MR) is 127 cm³/mol. The third-order valence-electron chi connectivity index (χ3n) is 8.97. The van der Waals surface area contributed by atoms with Gasteiger partial charge in [-0.2, -0.15) is 0 Å². The molecule has 0 unspecified atom stereocenters. The summed E-state index contributed by atoms with van der Waals surface area (Å²) in [5.74, 6) is 0.242. The van der Waals surface area contributed by atoms with Crippen molar-refractivity contribution in [2.24, 2.45) is 11.8 Å². The van der Waals surface area contributed by atoms with Gasteiger partial charge in [0, 0.05) is 18.5 Å². The Labute approximate surface area is 196 Å². The average Bonchev–Trinajstić information content (AvgIpc) is 3.58. The summed E-state index contributed by atoms with van der Waals surface area (Å²) in [5.41, 5.74) is 1.51. The van der Waals surface area contributed by atoms with Crippen molar-refractivity contribution in [1.82, 2.24) is 10.2 Å². The lowest BCUT2D eigenvalue weighted by atomic mass is 9.72. The Bertz CT molecular complexity index is 944. The van der Waals surface area contributed by atoms with Gasteiger partial charge in [-0.1, -0.05) is 74.1 Å². The van der Waals surface area contributed by atoms with Gasteiger partial charge in [-0.3, -0.25) is 9.59 Å². The lowest BCUT2D eigenvalue weighted by molar-refractivity contribution is -0.140. The molecule has 2 saturated heterocycles. The molecule has 2 saturated carbocycles. The summed E-state index contributed by atoms with van der Waals surface area (Å²) in [7, 11) is 0. The fraction of sp³-hybridized carbons (Fsp3) is 0.643. The second-order valence-electron chi connectivity index (χ2n) is 11.1. The number of rotatable bonds is 5. The summed E-state index contributed by atoms with van der Waals surface area (Å²) < 4.78 is 6.63. The smallest absolute Gasteiger partial charge is 0.246 e. The molecule has 0 aromatic heterocycles. The van der Waals surface area contributed by atoms with Crippen LogP contribution in [0.2, 0.25) is 0 Å². The van der Waals surface area contributed by atoms with E-state index in [9.17, 15) is 9.59 Å². The number of hydrogen-bond acceptors (Lipinski definition) is 3. The van der Waals surface area contributed by atoms with Gasteiger partial charge in [0.15, 0.2) is 0 Å². The van der Waals surface area contributed by atoms with Crippen molar-refractivity contribution >= 4 is 11.8 Å². The summed E-state index contributed by atoms with van der Waals surface area (Å²) in [6.45, 7) is 2.76. The Balaban J connectivity index is 1.35. The van der Waals surface area contributed by atoms with Crippen molar-refractivity contribution in [3.8, 4) is 0 Å². The van der Waals surface area contributed by atoms with Crippen LogP contribution in [0.4, 0.5) is 0 Å². The van der Waals surface area contributed by atoms with E-state index < -0.39 is 11.6 Å². The van der Waals surface area contributed by atoms with Crippen LogP contribution in [0.1, 0.15) is 74.8 Å². The first kappa shape index (κ1) is 21.4. The molecule has 1 spiro atoms. The van der Waals surface area contributed by atoms with Crippen LogP contribution in [0, 0.1) is 18.8 Å². The van der Waals surface area contributed by atoms with Crippen LogP contribution in [0.25, 0.3) is 0 Å². The largest absolute Gasteiger partial charge is 0.359 e. The number of aryl methyl sites for hydroxylation is 1. The van der Waals surface area contributed by atoms with E-state index in [1.165, 1.54) is 37.7 Å². The van der Waals surface area contributed by atoms with Crippen LogP contribution < -0.4 is 5.32 Å². The van der Waals surface area contributed by atoms with Crippen molar-refractivity contribution in [3.05, 3.63) is 47.5 Å². The van der Waals surface area contributed by atoms with E-state index >= 15 is 0 Å². The fourth-order valence-corrected chi connectivity index (χ4v) is 7.33. The lowest BCUT2D eigenvalue weighted by Gasteiger charge is -2.35. The summed E-state index contributed by atoms with van der Waals surface area (Å²) in [4.78, 5) is 29.8. The SMILES string of the molecule is Cc1ccc([C@@H]2[C@H]3C=C[C@@]4(O3)[C@H]2C(=O)N(CC2CCCCC2)[C@@H]4C(=O)NC2CCCC2)cc1. The number of nitrogens with zero attached hydrogens (tertiary/aromatic N) is 1. The van der Waals surface area contributed by atoms with Crippen LogP contribution in [-0.4, -0.2) is 47.0 Å². The van der Waals surface area contributed by atoms with Gasteiger partial charge < -0.3 is 15.0 Å². The minimum atomic E-state index is -0.839. The topological polar surface area (TPSA) is 58.6 Å². The van der Waals surface area contributed by atoms with E-state index in [0.29, 0.717) is 12.5 Å². The monoisotopic (exact) mass is 448 g/mol. The van der Waals surface area contributed by atoms with Crippen LogP contribution in [0.3, 0.4) is 0 Å². The molecule has 2 amide bonds. The van der Waals surface area contributed by atoms with Gasteiger partial charge >= 0.3 is 0 Å². The molecular formula is C28H36N2O3. The Morgan fingerprint density at radius 2 is 1.76 bits per heavy atom. The van der Waals surface area contributed by atoms with Crippen LogP contribution in [-0.2, 0) is 14.3 Å². The van der Waals surface area contributed by atoms with Gasteiger partial charge in [0.1, 0.15) is 11.6 Å². The third-order valence-corrected chi connectivity index (χ3v) is 8.97. The van der Waals surface area contributed by atoms with Crippen LogP contribution in [0.5, 0.6) is 0 Å². The molecule has 3 heterocycles. The maximum Gasteiger partial charge on any atom is 0.246 e. The molecule has 5 atom stereocenters. The highest BCUT2D eigenvalue weighted by Crippen LogP contribution is 2.58. The van der Waals surface area contributed by atoms with Gasteiger partial charge in [0.05, 0.1) is 12.0 Å². The molecule has 2 aliphatic carbocycles. The zero-order chi connectivity index (χ0) is 22.6. The zero-order valence-corrected chi connectivity index (χ0v) is 19.7. The van der Waals surface area contributed by atoms with Crippen molar-refractivity contribution < 1.29 is 14.3 Å². The highest BCUT2D eigenvalue weighted by Gasteiger charge is 2.71. The summed E-state index contributed by atoms with van der Waals surface area (Å²) in [6.07, 6.45) is 14.5. The van der Waals surface area contributed by atoms with Crippen molar-refractivity contribution in [2.45, 2.75) is 94.4 Å². The number of amides is 2. The highest BCUT2D eigenvalue weighted by molar-refractivity contribution is 5.97. The average molecular weight is 449 g/mol.